The molecule has 3 aromatic carbocycles. The standard InChI is InChI=1S/C26H20N2O2/c1-17-6-10-19(11-7-17)23-15-27-25(29-23)21-4-3-5-22(14-21)26-28-16-24(30-26)20-12-8-18(2)9-13-20/h3-16H,1-2H3. The van der Waals surface area contributed by atoms with Gasteiger partial charge in [0.25, 0.3) is 0 Å². The minimum atomic E-state index is 0.567. The van der Waals surface area contributed by atoms with Gasteiger partial charge in [0, 0.05) is 22.3 Å². The molecule has 0 amide bonds. The maximum Gasteiger partial charge on any atom is 0.226 e. The van der Waals surface area contributed by atoms with E-state index in [0.717, 1.165) is 33.8 Å². The van der Waals surface area contributed by atoms with Gasteiger partial charge < -0.3 is 8.83 Å². The van der Waals surface area contributed by atoms with Gasteiger partial charge in [-0.15, -0.1) is 0 Å². The van der Waals surface area contributed by atoms with Crippen LogP contribution in [0.5, 0.6) is 0 Å². The van der Waals surface area contributed by atoms with Crippen LogP contribution in [0.2, 0.25) is 0 Å². The van der Waals surface area contributed by atoms with E-state index in [4.69, 9.17) is 8.83 Å². The van der Waals surface area contributed by atoms with E-state index in [-0.39, 0.29) is 0 Å². The molecule has 5 aromatic rings. The minimum Gasteiger partial charge on any atom is -0.436 e. The Morgan fingerprint density at radius 3 is 1.40 bits per heavy atom. The van der Waals surface area contributed by atoms with Crippen LogP contribution in [-0.2, 0) is 0 Å². The predicted molar refractivity (Wildman–Crippen MR) is 118 cm³/mol. The first-order valence-electron chi connectivity index (χ1n) is 9.82. The molecule has 0 aliphatic heterocycles. The molecule has 0 fully saturated rings. The topological polar surface area (TPSA) is 52.1 Å². The number of aromatic nitrogens is 2. The first-order chi connectivity index (χ1) is 14.7. The fourth-order valence-electron chi connectivity index (χ4n) is 3.30. The van der Waals surface area contributed by atoms with Gasteiger partial charge in [0.1, 0.15) is 0 Å². The molecule has 0 unspecified atom stereocenters. The molecular weight excluding hydrogens is 372 g/mol. The third-order valence-electron chi connectivity index (χ3n) is 5.04. The molecule has 0 saturated heterocycles. The summed E-state index contributed by atoms with van der Waals surface area (Å²) in [7, 11) is 0. The second kappa shape index (κ2) is 7.48. The van der Waals surface area contributed by atoms with Crippen molar-refractivity contribution in [2.75, 3.05) is 0 Å². The summed E-state index contributed by atoms with van der Waals surface area (Å²) in [6, 6.07) is 24.3. The summed E-state index contributed by atoms with van der Waals surface area (Å²) < 4.78 is 12.0. The molecular formula is C26H20N2O2. The summed E-state index contributed by atoms with van der Waals surface area (Å²) in [4.78, 5) is 8.93. The van der Waals surface area contributed by atoms with Gasteiger partial charge in [-0.3, -0.25) is 0 Å². The van der Waals surface area contributed by atoms with Crippen molar-refractivity contribution >= 4 is 0 Å². The van der Waals surface area contributed by atoms with Gasteiger partial charge >= 0.3 is 0 Å². The lowest BCUT2D eigenvalue weighted by atomic mass is 10.1. The van der Waals surface area contributed by atoms with Gasteiger partial charge in [0.15, 0.2) is 11.5 Å². The molecule has 2 heterocycles. The van der Waals surface area contributed by atoms with Crippen molar-refractivity contribution in [3.05, 3.63) is 96.3 Å². The minimum absolute atomic E-state index is 0.567. The average Bonchev–Trinajstić information content (AvgIpc) is 3.45. The van der Waals surface area contributed by atoms with E-state index in [0.29, 0.717) is 11.8 Å². The first kappa shape index (κ1) is 18.1. The molecule has 0 aliphatic rings. The monoisotopic (exact) mass is 392 g/mol. The lowest BCUT2D eigenvalue weighted by Gasteiger charge is -2.01. The van der Waals surface area contributed by atoms with Gasteiger partial charge in [-0.25, -0.2) is 9.97 Å². The fraction of sp³-hybridized carbons (Fsp3) is 0.0769. The third-order valence-corrected chi connectivity index (χ3v) is 5.04. The van der Waals surface area contributed by atoms with Gasteiger partial charge in [0.05, 0.1) is 12.4 Å². The molecule has 0 aliphatic carbocycles. The Labute approximate surface area is 174 Å². The number of hydrogen-bond donors (Lipinski definition) is 0. The lowest BCUT2D eigenvalue weighted by molar-refractivity contribution is 0.586. The van der Waals surface area contributed by atoms with Crippen LogP contribution in [0.3, 0.4) is 0 Å². The number of hydrogen-bond acceptors (Lipinski definition) is 4. The summed E-state index contributed by atoms with van der Waals surface area (Å²) in [5, 5.41) is 0. The van der Waals surface area contributed by atoms with Crippen LogP contribution in [0.1, 0.15) is 11.1 Å². The molecule has 0 saturated carbocycles. The summed E-state index contributed by atoms with van der Waals surface area (Å²) >= 11 is 0. The maximum absolute atomic E-state index is 6.01. The highest BCUT2D eigenvalue weighted by atomic mass is 16.4. The van der Waals surface area contributed by atoms with Crippen molar-refractivity contribution in [3.63, 3.8) is 0 Å². The zero-order chi connectivity index (χ0) is 20.5. The second-order valence-electron chi connectivity index (χ2n) is 7.37. The Balaban J connectivity index is 1.44. The number of rotatable bonds is 4. The third kappa shape index (κ3) is 3.55. The Bertz CT molecular complexity index is 1200. The van der Waals surface area contributed by atoms with E-state index in [9.17, 15) is 0 Å². The number of benzene rings is 3. The van der Waals surface area contributed by atoms with Crippen LogP contribution in [0.25, 0.3) is 45.6 Å². The molecule has 0 bridgehead atoms. The van der Waals surface area contributed by atoms with Crippen LogP contribution in [0.4, 0.5) is 0 Å². The molecule has 30 heavy (non-hydrogen) atoms. The molecule has 2 aromatic heterocycles. The highest BCUT2D eigenvalue weighted by molar-refractivity contribution is 5.68. The lowest BCUT2D eigenvalue weighted by Crippen LogP contribution is -1.81. The first-order valence-corrected chi connectivity index (χ1v) is 9.82. The highest BCUT2D eigenvalue weighted by Crippen LogP contribution is 2.31. The highest BCUT2D eigenvalue weighted by Gasteiger charge is 2.13. The quantitative estimate of drug-likeness (QED) is 0.332. The number of nitrogens with zero attached hydrogens (tertiary/aromatic N) is 2. The van der Waals surface area contributed by atoms with Crippen molar-refractivity contribution in [3.8, 4) is 45.6 Å². The van der Waals surface area contributed by atoms with Crippen LogP contribution in [0, 0.1) is 13.8 Å². The maximum atomic E-state index is 6.01. The molecule has 0 spiro atoms. The van der Waals surface area contributed by atoms with Gasteiger partial charge in [0.2, 0.25) is 11.8 Å². The molecule has 0 atom stereocenters. The average molecular weight is 392 g/mol. The molecule has 4 nitrogen and oxygen atoms in total. The SMILES string of the molecule is Cc1ccc(-c2cnc(-c3cccc(-c4ncc(-c5ccc(C)cc5)o4)c3)o2)cc1. The summed E-state index contributed by atoms with van der Waals surface area (Å²) in [6.07, 6.45) is 3.51. The zero-order valence-electron chi connectivity index (χ0n) is 16.8. The smallest absolute Gasteiger partial charge is 0.226 e. The van der Waals surface area contributed by atoms with Crippen LogP contribution < -0.4 is 0 Å². The van der Waals surface area contributed by atoms with Gasteiger partial charge in [-0.1, -0.05) is 65.7 Å². The van der Waals surface area contributed by atoms with E-state index in [2.05, 4.69) is 48.1 Å². The van der Waals surface area contributed by atoms with Crippen LogP contribution in [0.15, 0.2) is 94.0 Å². The second-order valence-corrected chi connectivity index (χ2v) is 7.37. The normalized spacial score (nSPS) is 11.0. The molecule has 4 heteroatoms. The predicted octanol–water partition coefficient (Wildman–Crippen LogP) is 6.95. The van der Waals surface area contributed by atoms with E-state index in [1.807, 2.05) is 48.5 Å². The zero-order valence-corrected chi connectivity index (χ0v) is 16.8. The van der Waals surface area contributed by atoms with Crippen molar-refractivity contribution in [1.29, 1.82) is 0 Å². The van der Waals surface area contributed by atoms with Crippen molar-refractivity contribution in [2.45, 2.75) is 13.8 Å². The summed E-state index contributed by atoms with van der Waals surface area (Å²) in [6.45, 7) is 4.13. The van der Waals surface area contributed by atoms with Crippen molar-refractivity contribution in [2.24, 2.45) is 0 Å². The van der Waals surface area contributed by atoms with Crippen LogP contribution in [-0.4, -0.2) is 9.97 Å². The van der Waals surface area contributed by atoms with Gasteiger partial charge in [-0.05, 0) is 32.0 Å². The summed E-state index contributed by atoms with van der Waals surface area (Å²) in [5.74, 6) is 2.62. The largest absolute Gasteiger partial charge is 0.436 e. The van der Waals surface area contributed by atoms with E-state index in [1.54, 1.807) is 12.4 Å². The number of oxazole rings is 2. The Hall–Kier alpha value is -3.92. The van der Waals surface area contributed by atoms with E-state index in [1.165, 1.54) is 11.1 Å². The Morgan fingerprint density at radius 2 is 0.967 bits per heavy atom. The molecule has 0 N–H and O–H groups in total. The molecule has 146 valence electrons. The van der Waals surface area contributed by atoms with Crippen molar-refractivity contribution < 1.29 is 8.83 Å². The fourth-order valence-corrected chi connectivity index (χ4v) is 3.30. The Morgan fingerprint density at radius 1 is 0.533 bits per heavy atom. The van der Waals surface area contributed by atoms with E-state index >= 15 is 0 Å². The van der Waals surface area contributed by atoms with Gasteiger partial charge in [-0.2, -0.15) is 0 Å². The van der Waals surface area contributed by atoms with Crippen molar-refractivity contribution in [1.82, 2.24) is 9.97 Å². The number of aryl methyl sites for hydroxylation is 2. The molecule has 5 rings (SSSR count). The Kier molecular flexibility index (Phi) is 4.52. The van der Waals surface area contributed by atoms with E-state index < -0.39 is 0 Å². The molecule has 0 radical (unpaired) electrons. The van der Waals surface area contributed by atoms with Crippen LogP contribution >= 0.6 is 0 Å². The summed E-state index contributed by atoms with van der Waals surface area (Å²) in [5.41, 5.74) is 6.18.